The molecule has 0 amide bonds. The van der Waals surface area contributed by atoms with Crippen molar-refractivity contribution >= 4 is 5.78 Å². The van der Waals surface area contributed by atoms with Crippen molar-refractivity contribution in [3.8, 4) is 5.75 Å². The molecule has 0 aliphatic rings. The van der Waals surface area contributed by atoms with Crippen molar-refractivity contribution in [3.63, 3.8) is 0 Å². The highest BCUT2D eigenvalue weighted by Gasteiger charge is 2.03. The number of rotatable bonds is 5. The molecule has 0 unspecified atom stereocenters. The predicted molar refractivity (Wildman–Crippen MR) is 56.0 cm³/mol. The van der Waals surface area contributed by atoms with Crippen molar-refractivity contribution in [2.24, 2.45) is 5.11 Å². The van der Waals surface area contributed by atoms with Crippen LogP contribution >= 0.6 is 0 Å². The molecule has 0 aromatic heterocycles. The molecule has 15 heavy (non-hydrogen) atoms. The summed E-state index contributed by atoms with van der Waals surface area (Å²) >= 11 is 0. The smallest absolute Gasteiger partial charge is 0.168 e. The van der Waals surface area contributed by atoms with Crippen LogP contribution in [0.1, 0.15) is 17.3 Å². The van der Waals surface area contributed by atoms with Crippen LogP contribution < -0.4 is 4.74 Å². The molecule has 5 heteroatoms. The summed E-state index contributed by atoms with van der Waals surface area (Å²) in [6.07, 6.45) is 0. The summed E-state index contributed by atoms with van der Waals surface area (Å²) < 4.78 is 5.23. The van der Waals surface area contributed by atoms with Gasteiger partial charge in [0, 0.05) is 10.5 Å². The van der Waals surface area contributed by atoms with E-state index < -0.39 is 0 Å². The highest BCUT2D eigenvalue weighted by atomic mass is 16.5. The molecule has 1 aromatic rings. The van der Waals surface area contributed by atoms with Gasteiger partial charge in [-0.2, -0.15) is 0 Å². The Morgan fingerprint density at radius 2 is 2.13 bits per heavy atom. The van der Waals surface area contributed by atoms with Crippen LogP contribution in [0.25, 0.3) is 10.4 Å². The number of benzene rings is 1. The van der Waals surface area contributed by atoms with Gasteiger partial charge in [-0.25, -0.2) is 0 Å². The highest BCUT2D eigenvalue weighted by Crippen LogP contribution is 2.12. The van der Waals surface area contributed by atoms with E-state index >= 15 is 0 Å². The minimum absolute atomic E-state index is 0.148. The first-order valence-electron chi connectivity index (χ1n) is 4.55. The molecule has 78 valence electrons. The molecule has 0 atom stereocenters. The summed E-state index contributed by atoms with van der Waals surface area (Å²) in [6.45, 7) is 2.33. The zero-order valence-electron chi connectivity index (χ0n) is 8.38. The number of hydrogen-bond donors (Lipinski definition) is 0. The Morgan fingerprint density at radius 3 is 2.67 bits per heavy atom. The second-order valence-corrected chi connectivity index (χ2v) is 2.77. The molecule has 0 saturated heterocycles. The fourth-order valence-corrected chi connectivity index (χ4v) is 1.09. The maximum Gasteiger partial charge on any atom is 0.168 e. The summed E-state index contributed by atoms with van der Waals surface area (Å²) in [6, 6.07) is 6.74. The van der Waals surface area contributed by atoms with E-state index in [0.717, 1.165) is 5.75 Å². The van der Waals surface area contributed by atoms with E-state index in [9.17, 15) is 4.79 Å². The third kappa shape index (κ3) is 3.32. The molecule has 1 rings (SSSR count). The van der Waals surface area contributed by atoms with Crippen molar-refractivity contribution in [2.75, 3.05) is 13.2 Å². The van der Waals surface area contributed by atoms with Crippen LogP contribution in [0.3, 0.4) is 0 Å². The second-order valence-electron chi connectivity index (χ2n) is 2.77. The van der Waals surface area contributed by atoms with E-state index in [-0.39, 0.29) is 12.3 Å². The van der Waals surface area contributed by atoms with Crippen LogP contribution in [0.15, 0.2) is 29.4 Å². The summed E-state index contributed by atoms with van der Waals surface area (Å²) in [7, 11) is 0. The van der Waals surface area contributed by atoms with Crippen LogP contribution in [0, 0.1) is 0 Å². The molecule has 0 bridgehead atoms. The average Bonchev–Trinajstić information content (AvgIpc) is 2.27. The van der Waals surface area contributed by atoms with E-state index in [1.54, 1.807) is 24.3 Å². The summed E-state index contributed by atoms with van der Waals surface area (Å²) in [4.78, 5) is 13.9. The van der Waals surface area contributed by atoms with Crippen molar-refractivity contribution < 1.29 is 9.53 Å². The van der Waals surface area contributed by atoms with Crippen LogP contribution in [0.4, 0.5) is 0 Å². The quantitative estimate of drug-likeness (QED) is 0.320. The Morgan fingerprint density at radius 1 is 1.47 bits per heavy atom. The molecule has 0 heterocycles. The Balaban J connectivity index is 2.70. The molecule has 0 N–H and O–H groups in total. The van der Waals surface area contributed by atoms with E-state index in [4.69, 9.17) is 10.3 Å². The van der Waals surface area contributed by atoms with Crippen molar-refractivity contribution in [1.29, 1.82) is 0 Å². The molecule has 1 aromatic carbocycles. The highest BCUT2D eigenvalue weighted by molar-refractivity contribution is 5.97. The molecule has 0 radical (unpaired) electrons. The zero-order valence-corrected chi connectivity index (χ0v) is 8.38. The SMILES string of the molecule is CCOc1ccc(C(=O)CN=[N+]=[N-])cc1. The van der Waals surface area contributed by atoms with Gasteiger partial charge in [0.15, 0.2) is 5.78 Å². The summed E-state index contributed by atoms with van der Waals surface area (Å²) in [5.74, 6) is 0.522. The number of Topliss-reactive ketones (excluding diaryl/α,β-unsaturated/α-hetero) is 1. The lowest BCUT2D eigenvalue weighted by molar-refractivity contribution is 0.100. The van der Waals surface area contributed by atoms with Gasteiger partial charge >= 0.3 is 0 Å². The lowest BCUT2D eigenvalue weighted by atomic mass is 10.1. The number of carbonyl (C=O) groups is 1. The maximum absolute atomic E-state index is 11.4. The van der Waals surface area contributed by atoms with E-state index in [1.807, 2.05) is 6.92 Å². The Bertz CT molecular complexity index is 380. The molecular weight excluding hydrogens is 194 g/mol. The molecule has 0 fully saturated rings. The number of nitrogens with zero attached hydrogens (tertiary/aromatic N) is 3. The molecule has 0 aliphatic heterocycles. The fraction of sp³-hybridized carbons (Fsp3) is 0.300. The minimum atomic E-state index is -0.198. The normalized spacial score (nSPS) is 9.13. The number of carbonyl (C=O) groups excluding carboxylic acids is 1. The summed E-state index contributed by atoms with van der Waals surface area (Å²) in [5.41, 5.74) is 8.58. The van der Waals surface area contributed by atoms with E-state index in [1.165, 1.54) is 0 Å². The maximum atomic E-state index is 11.4. The lowest BCUT2D eigenvalue weighted by Gasteiger charge is -2.03. The topological polar surface area (TPSA) is 75.1 Å². The first-order valence-corrected chi connectivity index (χ1v) is 4.55. The van der Waals surface area contributed by atoms with Gasteiger partial charge in [0.2, 0.25) is 0 Å². The first-order chi connectivity index (χ1) is 7.27. The lowest BCUT2D eigenvalue weighted by Crippen LogP contribution is -2.02. The van der Waals surface area contributed by atoms with Crippen LogP contribution in [0.5, 0.6) is 5.75 Å². The van der Waals surface area contributed by atoms with E-state index in [2.05, 4.69) is 10.0 Å². The van der Waals surface area contributed by atoms with Crippen molar-refractivity contribution in [3.05, 3.63) is 40.3 Å². The van der Waals surface area contributed by atoms with Gasteiger partial charge in [0.1, 0.15) is 5.75 Å². The largest absolute Gasteiger partial charge is 0.494 e. The standard InChI is InChI=1S/C10H11N3O2/c1-2-15-9-5-3-8(4-6-9)10(14)7-12-13-11/h3-6H,2,7H2,1H3. The van der Waals surface area contributed by atoms with Gasteiger partial charge in [-0.05, 0) is 36.7 Å². The Kier molecular flexibility index (Phi) is 4.19. The van der Waals surface area contributed by atoms with Gasteiger partial charge in [0.05, 0.1) is 13.2 Å². The van der Waals surface area contributed by atoms with Crippen molar-refractivity contribution in [2.45, 2.75) is 6.92 Å². The Hall–Kier alpha value is -2.00. The number of azide groups is 1. The second kappa shape index (κ2) is 5.67. The van der Waals surface area contributed by atoms with Gasteiger partial charge in [-0.15, -0.1) is 0 Å². The van der Waals surface area contributed by atoms with Gasteiger partial charge < -0.3 is 4.74 Å². The van der Waals surface area contributed by atoms with Gasteiger partial charge in [-0.1, -0.05) is 5.11 Å². The number of hydrogen-bond acceptors (Lipinski definition) is 3. The third-order valence-corrected chi connectivity index (χ3v) is 1.76. The monoisotopic (exact) mass is 205 g/mol. The summed E-state index contributed by atoms with van der Waals surface area (Å²) in [5, 5.41) is 3.21. The van der Waals surface area contributed by atoms with Gasteiger partial charge in [-0.3, -0.25) is 4.79 Å². The van der Waals surface area contributed by atoms with Crippen LogP contribution in [0.2, 0.25) is 0 Å². The molecule has 0 aliphatic carbocycles. The van der Waals surface area contributed by atoms with E-state index in [0.29, 0.717) is 12.2 Å². The average molecular weight is 205 g/mol. The Labute approximate surface area is 87.3 Å². The molecule has 0 spiro atoms. The number of ether oxygens (including phenoxy) is 1. The predicted octanol–water partition coefficient (Wildman–Crippen LogP) is 2.58. The first kappa shape index (κ1) is 11.1. The fourth-order valence-electron chi connectivity index (χ4n) is 1.09. The van der Waals surface area contributed by atoms with Crippen LogP contribution in [-0.2, 0) is 0 Å². The number of ketones is 1. The third-order valence-electron chi connectivity index (χ3n) is 1.76. The van der Waals surface area contributed by atoms with Gasteiger partial charge in [0.25, 0.3) is 0 Å². The van der Waals surface area contributed by atoms with Crippen LogP contribution in [-0.4, -0.2) is 18.9 Å². The molecule has 5 nitrogen and oxygen atoms in total. The minimum Gasteiger partial charge on any atom is -0.494 e. The molecule has 0 saturated carbocycles. The zero-order chi connectivity index (χ0) is 11.1. The van der Waals surface area contributed by atoms with Crippen molar-refractivity contribution in [1.82, 2.24) is 0 Å². The molecular formula is C10H11N3O2.